The molecule has 0 radical (unpaired) electrons. The van der Waals surface area contributed by atoms with Crippen molar-refractivity contribution in [2.24, 2.45) is 0 Å². The summed E-state index contributed by atoms with van der Waals surface area (Å²) in [6.07, 6.45) is 2.18. The Hall–Kier alpha value is -1.71. The van der Waals surface area contributed by atoms with Crippen molar-refractivity contribution in [1.82, 2.24) is 10.6 Å². The van der Waals surface area contributed by atoms with E-state index in [9.17, 15) is 4.79 Å². The van der Waals surface area contributed by atoms with Crippen LogP contribution in [-0.4, -0.2) is 18.8 Å². The van der Waals surface area contributed by atoms with E-state index in [1.807, 2.05) is 30.3 Å². The van der Waals surface area contributed by atoms with E-state index in [2.05, 4.69) is 10.6 Å². The molecule has 0 saturated heterocycles. The summed E-state index contributed by atoms with van der Waals surface area (Å²) in [7, 11) is 0. The highest BCUT2D eigenvalue weighted by Crippen LogP contribution is 2.18. The Bertz CT molecular complexity index is 323. The molecule has 1 aromatic carbocycles. The molecule has 15 heavy (non-hydrogen) atoms. The number of benzene rings is 1. The van der Waals surface area contributed by atoms with E-state index in [0.29, 0.717) is 6.04 Å². The van der Waals surface area contributed by atoms with Crippen molar-refractivity contribution >= 4 is 6.03 Å². The summed E-state index contributed by atoms with van der Waals surface area (Å²) in [4.78, 5) is 11.2. The second kappa shape index (κ2) is 4.68. The van der Waals surface area contributed by atoms with Crippen molar-refractivity contribution in [1.29, 1.82) is 0 Å². The number of hydrogen-bond acceptors (Lipinski definition) is 2. The number of urea groups is 1. The molecule has 0 aliphatic heterocycles. The smallest absolute Gasteiger partial charge is 0.317 e. The Balaban J connectivity index is 1.63. The Morgan fingerprint density at radius 1 is 1.33 bits per heavy atom. The predicted molar refractivity (Wildman–Crippen MR) is 56.6 cm³/mol. The molecule has 0 aromatic heterocycles. The van der Waals surface area contributed by atoms with Crippen LogP contribution < -0.4 is 15.4 Å². The lowest BCUT2D eigenvalue weighted by Crippen LogP contribution is -2.38. The van der Waals surface area contributed by atoms with Crippen LogP contribution in [0.25, 0.3) is 0 Å². The minimum atomic E-state index is -0.159. The molecule has 1 aliphatic carbocycles. The molecule has 2 rings (SSSR count). The lowest BCUT2D eigenvalue weighted by molar-refractivity contribution is 0.223. The molecule has 0 atom stereocenters. The van der Waals surface area contributed by atoms with Gasteiger partial charge >= 0.3 is 6.03 Å². The van der Waals surface area contributed by atoms with Gasteiger partial charge in [-0.1, -0.05) is 18.2 Å². The van der Waals surface area contributed by atoms with Crippen molar-refractivity contribution in [3.63, 3.8) is 0 Å². The molecular weight excluding hydrogens is 192 g/mol. The molecule has 1 aliphatic rings. The van der Waals surface area contributed by atoms with Gasteiger partial charge in [0.1, 0.15) is 5.75 Å². The van der Waals surface area contributed by atoms with E-state index < -0.39 is 0 Å². The highest BCUT2D eigenvalue weighted by molar-refractivity contribution is 5.74. The van der Waals surface area contributed by atoms with Gasteiger partial charge in [-0.15, -0.1) is 0 Å². The average molecular weight is 206 g/mol. The Morgan fingerprint density at radius 3 is 2.73 bits per heavy atom. The third-order valence-corrected chi connectivity index (χ3v) is 2.13. The van der Waals surface area contributed by atoms with Crippen LogP contribution in [0.5, 0.6) is 5.75 Å². The largest absolute Gasteiger partial charge is 0.473 e. The summed E-state index contributed by atoms with van der Waals surface area (Å²) in [5.74, 6) is 0.754. The number of carbonyl (C=O) groups is 1. The maximum absolute atomic E-state index is 11.2. The van der Waals surface area contributed by atoms with Crippen LogP contribution in [0.1, 0.15) is 12.8 Å². The van der Waals surface area contributed by atoms with Crippen LogP contribution in [0, 0.1) is 0 Å². The van der Waals surface area contributed by atoms with Crippen molar-refractivity contribution in [3.8, 4) is 5.75 Å². The van der Waals surface area contributed by atoms with Gasteiger partial charge in [-0.3, -0.25) is 0 Å². The number of amides is 2. The van der Waals surface area contributed by atoms with Gasteiger partial charge in [0, 0.05) is 6.04 Å². The highest BCUT2D eigenvalue weighted by Gasteiger charge is 2.22. The van der Waals surface area contributed by atoms with Crippen LogP contribution in [0.4, 0.5) is 4.79 Å². The Kier molecular flexibility index (Phi) is 3.07. The highest BCUT2D eigenvalue weighted by atomic mass is 16.5. The maximum atomic E-state index is 11.2. The summed E-state index contributed by atoms with van der Waals surface area (Å²) in [6, 6.07) is 9.61. The van der Waals surface area contributed by atoms with Crippen LogP contribution >= 0.6 is 0 Å². The number of ether oxygens (including phenoxy) is 1. The van der Waals surface area contributed by atoms with E-state index in [-0.39, 0.29) is 12.8 Å². The first-order valence-corrected chi connectivity index (χ1v) is 5.07. The summed E-state index contributed by atoms with van der Waals surface area (Å²) in [5.41, 5.74) is 0. The number of carbonyl (C=O) groups excluding carboxylic acids is 1. The standard InChI is InChI=1S/C11H14N2O2/c14-11(13-9-6-7-9)12-8-15-10-4-2-1-3-5-10/h1-5,9H,6-8H2,(H2,12,13,14). The van der Waals surface area contributed by atoms with Gasteiger partial charge in [0.25, 0.3) is 0 Å². The van der Waals surface area contributed by atoms with E-state index in [1.54, 1.807) is 0 Å². The maximum Gasteiger partial charge on any atom is 0.317 e. The average Bonchev–Trinajstić information content (AvgIpc) is 3.03. The summed E-state index contributed by atoms with van der Waals surface area (Å²) in [5, 5.41) is 5.44. The van der Waals surface area contributed by atoms with Crippen LogP contribution in [0.2, 0.25) is 0 Å². The number of nitrogens with one attached hydrogen (secondary N) is 2. The number of para-hydroxylation sites is 1. The normalized spacial score (nSPS) is 14.4. The van der Waals surface area contributed by atoms with Gasteiger partial charge in [0.2, 0.25) is 0 Å². The topological polar surface area (TPSA) is 50.4 Å². The minimum Gasteiger partial charge on any atom is -0.473 e. The predicted octanol–water partition coefficient (Wildman–Crippen LogP) is 1.48. The van der Waals surface area contributed by atoms with Gasteiger partial charge in [0.15, 0.2) is 6.73 Å². The number of hydrogen-bond donors (Lipinski definition) is 2. The molecule has 4 nitrogen and oxygen atoms in total. The lowest BCUT2D eigenvalue weighted by Gasteiger charge is -2.08. The Morgan fingerprint density at radius 2 is 2.07 bits per heavy atom. The first kappa shape index (κ1) is 9.83. The fraction of sp³-hybridized carbons (Fsp3) is 0.364. The zero-order valence-corrected chi connectivity index (χ0v) is 8.40. The SMILES string of the molecule is O=C(NCOc1ccccc1)NC1CC1. The van der Waals surface area contributed by atoms with Gasteiger partial charge < -0.3 is 15.4 Å². The fourth-order valence-electron chi connectivity index (χ4n) is 1.17. The van der Waals surface area contributed by atoms with Crippen LogP contribution in [-0.2, 0) is 0 Å². The van der Waals surface area contributed by atoms with E-state index in [4.69, 9.17) is 4.74 Å². The van der Waals surface area contributed by atoms with Gasteiger partial charge in [-0.2, -0.15) is 0 Å². The van der Waals surface area contributed by atoms with Gasteiger partial charge in [0.05, 0.1) is 0 Å². The molecule has 80 valence electrons. The van der Waals surface area contributed by atoms with Crippen LogP contribution in [0.3, 0.4) is 0 Å². The first-order chi connectivity index (χ1) is 7.34. The zero-order valence-electron chi connectivity index (χ0n) is 8.40. The summed E-state index contributed by atoms with van der Waals surface area (Å²) >= 11 is 0. The third kappa shape index (κ3) is 3.50. The third-order valence-electron chi connectivity index (χ3n) is 2.13. The molecule has 4 heteroatoms. The fourth-order valence-corrected chi connectivity index (χ4v) is 1.17. The zero-order chi connectivity index (χ0) is 10.5. The first-order valence-electron chi connectivity index (χ1n) is 5.07. The molecule has 0 heterocycles. The van der Waals surface area contributed by atoms with Crippen LogP contribution in [0.15, 0.2) is 30.3 Å². The van der Waals surface area contributed by atoms with Gasteiger partial charge in [-0.25, -0.2) is 4.79 Å². The molecule has 0 spiro atoms. The van der Waals surface area contributed by atoms with E-state index in [1.165, 1.54) is 0 Å². The molecule has 1 fully saturated rings. The molecular formula is C11H14N2O2. The lowest BCUT2D eigenvalue weighted by atomic mass is 10.3. The summed E-state index contributed by atoms with van der Waals surface area (Å²) < 4.78 is 5.31. The van der Waals surface area contributed by atoms with Crippen molar-refractivity contribution in [2.45, 2.75) is 18.9 Å². The molecule has 2 N–H and O–H groups in total. The number of rotatable bonds is 4. The molecule has 1 saturated carbocycles. The van der Waals surface area contributed by atoms with Gasteiger partial charge in [-0.05, 0) is 25.0 Å². The summed E-state index contributed by atoms with van der Waals surface area (Å²) in [6.45, 7) is 0.197. The second-order valence-electron chi connectivity index (χ2n) is 3.53. The molecule has 2 amide bonds. The molecule has 1 aromatic rings. The molecule has 0 unspecified atom stereocenters. The molecule has 0 bridgehead atoms. The van der Waals surface area contributed by atoms with E-state index in [0.717, 1.165) is 18.6 Å². The minimum absolute atomic E-state index is 0.159. The Labute approximate surface area is 88.6 Å². The van der Waals surface area contributed by atoms with E-state index >= 15 is 0 Å². The van der Waals surface area contributed by atoms with Crippen molar-refractivity contribution < 1.29 is 9.53 Å². The van der Waals surface area contributed by atoms with Crippen molar-refractivity contribution in [3.05, 3.63) is 30.3 Å². The second-order valence-corrected chi connectivity index (χ2v) is 3.53. The quantitative estimate of drug-likeness (QED) is 0.733. The van der Waals surface area contributed by atoms with Crippen molar-refractivity contribution in [2.75, 3.05) is 6.73 Å². The monoisotopic (exact) mass is 206 g/mol.